The quantitative estimate of drug-likeness (QED) is 0.593. The maximum Gasteiger partial charge on any atom is 0.0579 e. The van der Waals surface area contributed by atoms with Crippen molar-refractivity contribution >= 4 is 5.70 Å². The Balaban J connectivity index is 2.53. The van der Waals surface area contributed by atoms with Crippen molar-refractivity contribution < 1.29 is 0 Å². The van der Waals surface area contributed by atoms with Gasteiger partial charge in [-0.1, -0.05) is 27.7 Å². The molecule has 0 aliphatic heterocycles. The molecule has 0 atom stereocenters. The molecule has 1 aromatic heterocycles. The average Bonchev–Trinajstić information content (AvgIpc) is 2.36. The molecule has 0 unspecified atom stereocenters. The first-order chi connectivity index (χ1) is 9.30. The highest BCUT2D eigenvalue weighted by molar-refractivity contribution is 5.60. The van der Waals surface area contributed by atoms with Crippen LogP contribution in [0.15, 0.2) is 30.7 Å². The van der Waals surface area contributed by atoms with Crippen LogP contribution in [-0.4, -0.2) is 16.5 Å². The average molecular weight is 276 g/mol. The van der Waals surface area contributed by atoms with Gasteiger partial charge >= 0.3 is 0 Å². The van der Waals surface area contributed by atoms with Crippen molar-refractivity contribution in [3.63, 3.8) is 0 Å². The molecule has 1 heterocycles. The van der Waals surface area contributed by atoms with Crippen molar-refractivity contribution in [2.45, 2.75) is 40.5 Å². The highest BCUT2D eigenvalue weighted by Crippen LogP contribution is 2.29. The number of nitrogens with two attached hydrogens (primary N) is 2. The Kier molecular flexibility index (Phi) is 6.02. The largest absolute Gasteiger partial charge is 0.397 e. The molecular formula is C16H28N4. The summed E-state index contributed by atoms with van der Waals surface area (Å²) >= 11 is 0. The molecule has 0 aliphatic carbocycles. The van der Waals surface area contributed by atoms with Crippen molar-refractivity contribution in [2.24, 2.45) is 22.9 Å². The van der Waals surface area contributed by atoms with E-state index in [-0.39, 0.29) is 0 Å². The Morgan fingerprint density at radius 2 is 2.15 bits per heavy atom. The Morgan fingerprint density at radius 3 is 2.70 bits per heavy atom. The predicted octanol–water partition coefficient (Wildman–Crippen LogP) is 2.98. The lowest BCUT2D eigenvalue weighted by molar-refractivity contribution is 0.229. The van der Waals surface area contributed by atoms with Crippen LogP contribution in [-0.2, 0) is 0 Å². The minimum Gasteiger partial charge on any atom is -0.397 e. The van der Waals surface area contributed by atoms with Gasteiger partial charge in [0.1, 0.15) is 0 Å². The van der Waals surface area contributed by atoms with Gasteiger partial charge in [0.05, 0.1) is 5.70 Å². The number of aromatic nitrogens is 1. The first-order valence-electron chi connectivity index (χ1n) is 7.19. The van der Waals surface area contributed by atoms with Gasteiger partial charge in [-0.15, -0.1) is 0 Å². The standard InChI is InChI=1S/C16H28N4/c1-13(2)10-16(3,4)7-9-20(18)12-15(17)14-6-5-8-19-11-14/h5-6,8,11-13H,7,9-10,17-18H2,1-4H3/b15-12-. The second-order valence-corrected chi connectivity index (χ2v) is 6.58. The van der Waals surface area contributed by atoms with E-state index in [1.165, 1.54) is 6.42 Å². The van der Waals surface area contributed by atoms with Gasteiger partial charge in [0.2, 0.25) is 0 Å². The highest BCUT2D eigenvalue weighted by Gasteiger charge is 2.19. The molecular weight excluding hydrogens is 248 g/mol. The van der Waals surface area contributed by atoms with Crippen LogP contribution < -0.4 is 11.6 Å². The zero-order valence-corrected chi connectivity index (χ0v) is 13.1. The normalized spacial score (nSPS) is 12.8. The molecule has 4 heteroatoms. The molecule has 1 rings (SSSR count). The Hall–Kier alpha value is -1.55. The first kappa shape index (κ1) is 16.5. The maximum atomic E-state index is 6.02. The van der Waals surface area contributed by atoms with Gasteiger partial charge in [-0.25, -0.2) is 5.84 Å². The zero-order chi connectivity index (χ0) is 15.2. The van der Waals surface area contributed by atoms with E-state index in [9.17, 15) is 0 Å². The topological polar surface area (TPSA) is 68.2 Å². The van der Waals surface area contributed by atoms with Crippen LogP contribution in [0, 0.1) is 11.3 Å². The number of rotatable bonds is 7. The summed E-state index contributed by atoms with van der Waals surface area (Å²) in [7, 11) is 0. The molecule has 0 aliphatic rings. The fourth-order valence-corrected chi connectivity index (χ4v) is 2.49. The molecule has 0 fully saturated rings. The van der Waals surface area contributed by atoms with Crippen molar-refractivity contribution in [3.8, 4) is 0 Å². The summed E-state index contributed by atoms with van der Waals surface area (Å²) in [4.78, 5) is 4.05. The number of nitrogens with zero attached hydrogens (tertiary/aromatic N) is 2. The van der Waals surface area contributed by atoms with Gasteiger partial charge in [0.15, 0.2) is 0 Å². The molecule has 0 saturated heterocycles. The summed E-state index contributed by atoms with van der Waals surface area (Å²) in [6.45, 7) is 9.87. The number of hydrogen-bond donors (Lipinski definition) is 2. The molecule has 0 saturated carbocycles. The van der Waals surface area contributed by atoms with Crippen LogP contribution in [0.4, 0.5) is 0 Å². The molecule has 0 spiro atoms. The summed E-state index contributed by atoms with van der Waals surface area (Å²) in [5, 5.41) is 1.67. The van der Waals surface area contributed by atoms with Gasteiger partial charge in [0, 0.05) is 30.7 Å². The summed E-state index contributed by atoms with van der Waals surface area (Å²) in [5.74, 6) is 6.71. The Bertz CT molecular complexity index is 423. The third kappa shape index (κ3) is 6.06. The van der Waals surface area contributed by atoms with E-state index < -0.39 is 0 Å². The van der Waals surface area contributed by atoms with Crippen LogP contribution in [0.2, 0.25) is 0 Å². The smallest absolute Gasteiger partial charge is 0.0579 e. The van der Waals surface area contributed by atoms with Crippen molar-refractivity contribution in [2.75, 3.05) is 6.54 Å². The van der Waals surface area contributed by atoms with Crippen molar-refractivity contribution in [1.29, 1.82) is 0 Å². The van der Waals surface area contributed by atoms with Crippen molar-refractivity contribution in [1.82, 2.24) is 9.99 Å². The molecule has 1 aromatic rings. The third-order valence-electron chi connectivity index (χ3n) is 3.31. The van der Waals surface area contributed by atoms with E-state index in [2.05, 4.69) is 32.7 Å². The Morgan fingerprint density at radius 1 is 1.45 bits per heavy atom. The lowest BCUT2D eigenvalue weighted by atomic mass is 9.81. The number of hydrogen-bond acceptors (Lipinski definition) is 4. The second kappa shape index (κ2) is 7.29. The van der Waals surface area contributed by atoms with E-state index >= 15 is 0 Å². The minimum absolute atomic E-state index is 0.294. The van der Waals surface area contributed by atoms with E-state index in [1.54, 1.807) is 23.6 Å². The van der Waals surface area contributed by atoms with E-state index in [4.69, 9.17) is 11.6 Å². The third-order valence-corrected chi connectivity index (χ3v) is 3.31. The van der Waals surface area contributed by atoms with E-state index in [0.29, 0.717) is 17.0 Å². The minimum atomic E-state index is 0.294. The summed E-state index contributed by atoms with van der Waals surface area (Å²) in [6, 6.07) is 3.79. The fraction of sp³-hybridized carbons (Fsp3) is 0.562. The predicted molar refractivity (Wildman–Crippen MR) is 85.1 cm³/mol. The number of hydrazine groups is 1. The molecule has 0 radical (unpaired) electrons. The van der Waals surface area contributed by atoms with E-state index in [0.717, 1.165) is 18.5 Å². The lowest BCUT2D eigenvalue weighted by Gasteiger charge is -2.28. The molecule has 0 bridgehead atoms. The SMILES string of the molecule is CC(C)CC(C)(C)CCN(N)/C=C(\N)c1cccnc1. The van der Waals surface area contributed by atoms with Crippen LogP contribution >= 0.6 is 0 Å². The summed E-state index contributed by atoms with van der Waals surface area (Å²) < 4.78 is 0. The van der Waals surface area contributed by atoms with Crippen LogP contribution in [0.25, 0.3) is 5.70 Å². The van der Waals surface area contributed by atoms with Crippen LogP contribution in [0.1, 0.15) is 46.1 Å². The molecule has 4 N–H and O–H groups in total. The van der Waals surface area contributed by atoms with Gasteiger partial charge in [-0.05, 0) is 36.3 Å². The van der Waals surface area contributed by atoms with Crippen LogP contribution in [0.3, 0.4) is 0 Å². The van der Waals surface area contributed by atoms with Crippen molar-refractivity contribution in [3.05, 3.63) is 36.3 Å². The fourth-order valence-electron chi connectivity index (χ4n) is 2.49. The summed E-state index contributed by atoms with van der Waals surface area (Å²) in [6.07, 6.45) is 7.48. The lowest BCUT2D eigenvalue weighted by Crippen LogP contribution is -2.31. The summed E-state index contributed by atoms with van der Waals surface area (Å²) in [5.41, 5.74) is 7.84. The Labute approximate surface area is 122 Å². The van der Waals surface area contributed by atoms with Gasteiger partial charge in [-0.2, -0.15) is 0 Å². The van der Waals surface area contributed by atoms with E-state index in [1.807, 2.05) is 12.1 Å². The molecule has 0 aromatic carbocycles. The number of pyridine rings is 1. The first-order valence-corrected chi connectivity index (χ1v) is 7.19. The molecule has 0 amide bonds. The molecule has 112 valence electrons. The van der Waals surface area contributed by atoms with Crippen LogP contribution in [0.5, 0.6) is 0 Å². The zero-order valence-electron chi connectivity index (χ0n) is 13.1. The molecule has 20 heavy (non-hydrogen) atoms. The highest BCUT2D eigenvalue weighted by atomic mass is 15.4. The van der Waals surface area contributed by atoms with Gasteiger partial charge < -0.3 is 10.7 Å². The monoisotopic (exact) mass is 276 g/mol. The maximum absolute atomic E-state index is 6.02. The van der Waals surface area contributed by atoms with Gasteiger partial charge in [-0.3, -0.25) is 4.98 Å². The molecule has 4 nitrogen and oxygen atoms in total. The second-order valence-electron chi connectivity index (χ2n) is 6.58. The van der Waals surface area contributed by atoms with Gasteiger partial charge in [0.25, 0.3) is 0 Å².